The summed E-state index contributed by atoms with van der Waals surface area (Å²) in [5, 5.41) is 3.53. The monoisotopic (exact) mass is 231 g/mol. The van der Waals surface area contributed by atoms with Gasteiger partial charge in [0.2, 0.25) is 0 Å². The number of methoxy groups -OCH3 is 1. The van der Waals surface area contributed by atoms with Crippen molar-refractivity contribution in [1.82, 2.24) is 5.32 Å². The molecule has 0 heterocycles. The molecule has 0 saturated heterocycles. The molecule has 0 aromatic rings. The van der Waals surface area contributed by atoms with Gasteiger partial charge < -0.3 is 14.8 Å². The second kappa shape index (κ2) is 7.25. The minimum Gasteiger partial charge on any atom is -0.382 e. The molecule has 16 heavy (non-hydrogen) atoms. The van der Waals surface area contributed by atoms with Crippen molar-refractivity contribution in [3.05, 3.63) is 0 Å². The first-order chi connectivity index (χ1) is 7.27. The molecule has 0 saturated carbocycles. The Morgan fingerprint density at radius 2 is 1.56 bits per heavy atom. The first-order valence-corrected chi connectivity index (χ1v) is 6.08. The smallest absolute Gasteiger partial charge is 0.0700 e. The van der Waals surface area contributed by atoms with Gasteiger partial charge in [0.1, 0.15) is 0 Å². The lowest BCUT2D eigenvalue weighted by Crippen LogP contribution is -2.42. The van der Waals surface area contributed by atoms with Gasteiger partial charge in [-0.1, -0.05) is 13.8 Å². The molecule has 0 aromatic carbocycles. The SMILES string of the molecule is COCCOCCC(C)(C)CNC(C)(C)C. The molecule has 0 amide bonds. The molecular formula is C13H29NO2. The molecule has 0 atom stereocenters. The van der Waals surface area contributed by atoms with Gasteiger partial charge in [0.15, 0.2) is 0 Å². The van der Waals surface area contributed by atoms with Crippen molar-refractivity contribution in [2.45, 2.75) is 46.6 Å². The van der Waals surface area contributed by atoms with Gasteiger partial charge in [-0.2, -0.15) is 0 Å². The highest BCUT2D eigenvalue weighted by molar-refractivity contribution is 4.77. The van der Waals surface area contributed by atoms with Crippen LogP contribution in [0.1, 0.15) is 41.0 Å². The average Bonchev–Trinajstić information content (AvgIpc) is 2.14. The van der Waals surface area contributed by atoms with Crippen LogP contribution in [0.25, 0.3) is 0 Å². The summed E-state index contributed by atoms with van der Waals surface area (Å²) >= 11 is 0. The molecule has 0 aromatic heterocycles. The van der Waals surface area contributed by atoms with E-state index in [0.29, 0.717) is 13.2 Å². The lowest BCUT2D eigenvalue weighted by Gasteiger charge is -2.30. The fourth-order valence-electron chi connectivity index (χ4n) is 1.19. The van der Waals surface area contributed by atoms with Gasteiger partial charge in [-0.25, -0.2) is 0 Å². The lowest BCUT2D eigenvalue weighted by atomic mass is 9.88. The van der Waals surface area contributed by atoms with Crippen molar-refractivity contribution >= 4 is 0 Å². The van der Waals surface area contributed by atoms with Crippen LogP contribution in [-0.4, -0.2) is 39.0 Å². The second-order valence-corrected chi connectivity index (χ2v) is 6.12. The third kappa shape index (κ3) is 10.4. The second-order valence-electron chi connectivity index (χ2n) is 6.12. The molecule has 0 spiro atoms. The van der Waals surface area contributed by atoms with Crippen LogP contribution in [0.15, 0.2) is 0 Å². The summed E-state index contributed by atoms with van der Waals surface area (Å²) < 4.78 is 10.4. The fourth-order valence-corrected chi connectivity index (χ4v) is 1.19. The minimum atomic E-state index is 0.189. The Kier molecular flexibility index (Phi) is 7.20. The molecule has 0 radical (unpaired) electrons. The summed E-state index contributed by atoms with van der Waals surface area (Å²) in [6.45, 7) is 14.3. The van der Waals surface area contributed by atoms with E-state index in [9.17, 15) is 0 Å². The van der Waals surface area contributed by atoms with E-state index in [2.05, 4.69) is 39.9 Å². The molecule has 0 rings (SSSR count). The third-order valence-electron chi connectivity index (χ3n) is 2.45. The standard InChI is InChI=1S/C13H29NO2/c1-12(2,3)14-11-13(4,5)7-8-16-10-9-15-6/h14H,7-11H2,1-6H3. The molecule has 1 N–H and O–H groups in total. The molecule has 98 valence electrons. The van der Waals surface area contributed by atoms with Crippen molar-refractivity contribution in [1.29, 1.82) is 0 Å². The maximum absolute atomic E-state index is 5.49. The minimum absolute atomic E-state index is 0.189. The van der Waals surface area contributed by atoms with Crippen molar-refractivity contribution < 1.29 is 9.47 Å². The summed E-state index contributed by atoms with van der Waals surface area (Å²) in [7, 11) is 1.69. The highest BCUT2D eigenvalue weighted by atomic mass is 16.5. The van der Waals surface area contributed by atoms with Gasteiger partial charge >= 0.3 is 0 Å². The zero-order chi connectivity index (χ0) is 12.7. The van der Waals surface area contributed by atoms with Crippen LogP contribution in [0.5, 0.6) is 0 Å². The van der Waals surface area contributed by atoms with Crippen molar-refractivity contribution in [2.24, 2.45) is 5.41 Å². The maximum atomic E-state index is 5.49. The van der Waals surface area contributed by atoms with E-state index in [1.54, 1.807) is 7.11 Å². The van der Waals surface area contributed by atoms with Crippen LogP contribution in [0.2, 0.25) is 0 Å². The summed E-state index contributed by atoms with van der Waals surface area (Å²) in [5.74, 6) is 0. The molecule has 0 aliphatic heterocycles. The van der Waals surface area contributed by atoms with Gasteiger partial charge in [-0.05, 0) is 32.6 Å². The van der Waals surface area contributed by atoms with E-state index in [1.165, 1.54) is 0 Å². The number of hydrogen-bond acceptors (Lipinski definition) is 3. The first kappa shape index (κ1) is 15.9. The predicted octanol–water partition coefficient (Wildman–Crippen LogP) is 2.45. The summed E-state index contributed by atoms with van der Waals surface area (Å²) in [6.07, 6.45) is 1.07. The predicted molar refractivity (Wildman–Crippen MR) is 68.8 cm³/mol. The van der Waals surface area contributed by atoms with E-state index < -0.39 is 0 Å². The van der Waals surface area contributed by atoms with Crippen molar-refractivity contribution in [2.75, 3.05) is 33.5 Å². The molecule has 0 aliphatic rings. The Morgan fingerprint density at radius 1 is 0.938 bits per heavy atom. The number of hydrogen-bond donors (Lipinski definition) is 1. The van der Waals surface area contributed by atoms with E-state index in [1.807, 2.05) is 0 Å². The highest BCUT2D eigenvalue weighted by Gasteiger charge is 2.20. The van der Waals surface area contributed by atoms with Crippen LogP contribution >= 0.6 is 0 Å². The third-order valence-corrected chi connectivity index (χ3v) is 2.45. The Morgan fingerprint density at radius 3 is 2.06 bits per heavy atom. The zero-order valence-electron chi connectivity index (χ0n) is 11.9. The normalized spacial score (nSPS) is 13.1. The van der Waals surface area contributed by atoms with Gasteiger partial charge in [-0.15, -0.1) is 0 Å². The van der Waals surface area contributed by atoms with E-state index in [4.69, 9.17) is 9.47 Å². The Hall–Kier alpha value is -0.120. The van der Waals surface area contributed by atoms with Crippen molar-refractivity contribution in [3.63, 3.8) is 0 Å². The van der Waals surface area contributed by atoms with E-state index in [-0.39, 0.29) is 11.0 Å². The Bertz CT molecular complexity index is 173. The van der Waals surface area contributed by atoms with Crippen LogP contribution in [0.3, 0.4) is 0 Å². The Balaban J connectivity index is 3.62. The van der Waals surface area contributed by atoms with Gasteiger partial charge in [-0.3, -0.25) is 0 Å². The van der Waals surface area contributed by atoms with Gasteiger partial charge in [0.05, 0.1) is 13.2 Å². The number of nitrogens with one attached hydrogen (secondary N) is 1. The van der Waals surface area contributed by atoms with Crippen LogP contribution < -0.4 is 5.32 Å². The molecular weight excluding hydrogens is 202 g/mol. The topological polar surface area (TPSA) is 30.5 Å². The number of rotatable bonds is 8. The maximum Gasteiger partial charge on any atom is 0.0700 e. The van der Waals surface area contributed by atoms with Crippen LogP contribution in [-0.2, 0) is 9.47 Å². The Labute approximate surface area is 101 Å². The summed E-state index contributed by atoms with van der Waals surface area (Å²) in [6, 6.07) is 0. The van der Waals surface area contributed by atoms with E-state index in [0.717, 1.165) is 19.6 Å². The quantitative estimate of drug-likeness (QED) is 0.651. The fraction of sp³-hybridized carbons (Fsp3) is 1.00. The number of ether oxygens (including phenoxy) is 2. The van der Waals surface area contributed by atoms with Crippen LogP contribution in [0, 0.1) is 5.41 Å². The summed E-state index contributed by atoms with van der Waals surface area (Å²) in [4.78, 5) is 0. The van der Waals surface area contributed by atoms with Gasteiger partial charge in [0.25, 0.3) is 0 Å². The first-order valence-electron chi connectivity index (χ1n) is 6.08. The molecule has 0 aliphatic carbocycles. The molecule has 3 nitrogen and oxygen atoms in total. The molecule has 3 heteroatoms. The largest absolute Gasteiger partial charge is 0.382 e. The van der Waals surface area contributed by atoms with Gasteiger partial charge in [0, 0.05) is 25.8 Å². The van der Waals surface area contributed by atoms with Crippen LogP contribution in [0.4, 0.5) is 0 Å². The van der Waals surface area contributed by atoms with Crippen molar-refractivity contribution in [3.8, 4) is 0 Å². The molecule has 0 bridgehead atoms. The molecule has 0 unspecified atom stereocenters. The average molecular weight is 231 g/mol. The highest BCUT2D eigenvalue weighted by Crippen LogP contribution is 2.20. The zero-order valence-corrected chi connectivity index (χ0v) is 11.9. The lowest BCUT2D eigenvalue weighted by molar-refractivity contribution is 0.0550. The van der Waals surface area contributed by atoms with E-state index >= 15 is 0 Å². The molecule has 0 fully saturated rings. The summed E-state index contributed by atoms with van der Waals surface area (Å²) in [5.41, 5.74) is 0.467.